The van der Waals surface area contributed by atoms with Crippen molar-refractivity contribution < 1.29 is 18.4 Å². The molecule has 2 N–H and O–H groups in total. The normalized spacial score (nSPS) is 10.6. The molecule has 0 saturated carbocycles. The fourth-order valence-electron chi connectivity index (χ4n) is 2.90. The van der Waals surface area contributed by atoms with E-state index in [1.165, 1.54) is 13.0 Å². The van der Waals surface area contributed by atoms with Gasteiger partial charge in [-0.1, -0.05) is 31.2 Å². The van der Waals surface area contributed by atoms with Crippen LogP contribution in [0.15, 0.2) is 53.3 Å². The summed E-state index contributed by atoms with van der Waals surface area (Å²) >= 11 is 0. The second-order valence-corrected chi connectivity index (χ2v) is 6.81. The molecular weight excluding hydrogens is 406 g/mol. The first-order valence-electron chi connectivity index (χ1n) is 9.50. The number of hydrogen-bond donors (Lipinski definition) is 2. The van der Waals surface area contributed by atoms with E-state index in [1.54, 1.807) is 0 Å². The van der Waals surface area contributed by atoms with E-state index < -0.39 is 35.6 Å². The van der Waals surface area contributed by atoms with Crippen LogP contribution in [-0.4, -0.2) is 21.6 Å². The lowest BCUT2D eigenvalue weighted by Gasteiger charge is -2.12. The zero-order valence-corrected chi connectivity index (χ0v) is 16.9. The second-order valence-electron chi connectivity index (χ2n) is 6.81. The number of carbonyl (C=O) groups is 2. The molecule has 0 spiro atoms. The molecule has 1 aromatic heterocycles. The highest BCUT2D eigenvalue weighted by Crippen LogP contribution is 2.20. The third-order valence-corrected chi connectivity index (χ3v) is 4.44. The summed E-state index contributed by atoms with van der Waals surface area (Å²) in [6.07, 6.45) is 0.852. The number of hydrogen-bond acceptors (Lipinski definition) is 4. The Kier molecular flexibility index (Phi) is 6.54. The fraction of sp³-hybridized carbons (Fsp3) is 0.182. The highest BCUT2D eigenvalue weighted by Gasteiger charge is 2.15. The molecular formula is C22H20F2N4O3. The molecule has 2 aromatic carbocycles. The van der Waals surface area contributed by atoms with Crippen LogP contribution in [0.4, 0.5) is 20.2 Å². The second kappa shape index (κ2) is 9.29. The van der Waals surface area contributed by atoms with Gasteiger partial charge in [0.1, 0.15) is 23.9 Å². The minimum absolute atomic E-state index is 0.0437. The lowest BCUT2D eigenvalue weighted by Crippen LogP contribution is -2.32. The van der Waals surface area contributed by atoms with E-state index in [4.69, 9.17) is 0 Å². The van der Waals surface area contributed by atoms with Crippen LogP contribution in [0, 0.1) is 11.6 Å². The first kappa shape index (κ1) is 21.8. The van der Waals surface area contributed by atoms with Crippen LogP contribution < -0.4 is 16.2 Å². The van der Waals surface area contributed by atoms with Crippen LogP contribution in [0.1, 0.15) is 19.4 Å². The zero-order valence-electron chi connectivity index (χ0n) is 16.9. The summed E-state index contributed by atoms with van der Waals surface area (Å²) in [6, 6.07) is 11.6. The summed E-state index contributed by atoms with van der Waals surface area (Å²) < 4.78 is 27.7. The average Bonchev–Trinajstić information content (AvgIpc) is 2.72. The number of aryl methyl sites for hydroxylation is 1. The number of nitrogens with zero attached hydrogens (tertiary/aromatic N) is 2. The molecule has 0 aliphatic heterocycles. The molecule has 160 valence electrons. The van der Waals surface area contributed by atoms with Gasteiger partial charge in [0.2, 0.25) is 11.8 Å². The van der Waals surface area contributed by atoms with Gasteiger partial charge in [-0.3, -0.25) is 14.4 Å². The summed E-state index contributed by atoms with van der Waals surface area (Å²) in [5.74, 6) is -2.93. The van der Waals surface area contributed by atoms with E-state index in [0.717, 1.165) is 28.8 Å². The standard InChI is InChI=1S/C22H20F2N4O3/c1-3-14-4-6-15(7-5-14)19-11-20(25-13(2)29)22(31)28(27-19)12-21(30)26-18-9-8-16(23)10-17(18)24/h4-11H,3,12H2,1-2H3,(H,25,29)(H,26,30). The summed E-state index contributed by atoms with van der Waals surface area (Å²) in [7, 11) is 0. The highest BCUT2D eigenvalue weighted by atomic mass is 19.1. The van der Waals surface area contributed by atoms with Gasteiger partial charge in [0.05, 0.1) is 11.4 Å². The van der Waals surface area contributed by atoms with Gasteiger partial charge in [0, 0.05) is 18.6 Å². The third-order valence-electron chi connectivity index (χ3n) is 4.44. The molecule has 3 rings (SSSR count). The molecule has 0 radical (unpaired) electrons. The van der Waals surface area contributed by atoms with Crippen LogP contribution in [-0.2, 0) is 22.6 Å². The van der Waals surface area contributed by atoms with Gasteiger partial charge in [0.15, 0.2) is 0 Å². The minimum Gasteiger partial charge on any atom is -0.322 e. The number of rotatable bonds is 6. The minimum atomic E-state index is -0.947. The summed E-state index contributed by atoms with van der Waals surface area (Å²) in [5, 5.41) is 8.94. The molecule has 0 aliphatic carbocycles. The van der Waals surface area contributed by atoms with Gasteiger partial charge >= 0.3 is 0 Å². The fourth-order valence-corrected chi connectivity index (χ4v) is 2.90. The number of aromatic nitrogens is 2. The van der Waals surface area contributed by atoms with E-state index in [9.17, 15) is 23.2 Å². The predicted molar refractivity (Wildman–Crippen MR) is 113 cm³/mol. The smallest absolute Gasteiger partial charge is 0.291 e. The van der Waals surface area contributed by atoms with Crippen molar-refractivity contribution in [3.8, 4) is 11.3 Å². The molecule has 9 heteroatoms. The van der Waals surface area contributed by atoms with Crippen LogP contribution in [0.5, 0.6) is 0 Å². The molecule has 3 aromatic rings. The van der Waals surface area contributed by atoms with Gasteiger partial charge in [-0.2, -0.15) is 5.10 Å². The first-order chi connectivity index (χ1) is 14.8. The maximum atomic E-state index is 13.8. The Morgan fingerprint density at radius 2 is 1.71 bits per heavy atom. The van der Waals surface area contributed by atoms with Gasteiger partial charge in [-0.05, 0) is 30.2 Å². The lowest BCUT2D eigenvalue weighted by atomic mass is 10.1. The van der Waals surface area contributed by atoms with Crippen molar-refractivity contribution in [1.29, 1.82) is 0 Å². The van der Waals surface area contributed by atoms with E-state index in [0.29, 0.717) is 17.3 Å². The van der Waals surface area contributed by atoms with Gasteiger partial charge < -0.3 is 10.6 Å². The van der Waals surface area contributed by atoms with Crippen molar-refractivity contribution in [3.05, 3.63) is 76.1 Å². The lowest BCUT2D eigenvalue weighted by molar-refractivity contribution is -0.117. The molecule has 0 fully saturated rings. The number of nitrogens with one attached hydrogen (secondary N) is 2. The van der Waals surface area contributed by atoms with E-state index in [2.05, 4.69) is 15.7 Å². The molecule has 2 amide bonds. The average molecular weight is 426 g/mol. The number of anilines is 2. The molecule has 7 nitrogen and oxygen atoms in total. The number of amides is 2. The Bertz CT molecular complexity index is 1190. The van der Waals surface area contributed by atoms with Crippen molar-refractivity contribution in [3.63, 3.8) is 0 Å². The molecule has 0 saturated heterocycles. The van der Waals surface area contributed by atoms with Crippen molar-refractivity contribution in [2.45, 2.75) is 26.8 Å². The molecule has 31 heavy (non-hydrogen) atoms. The Labute approximate surface area is 176 Å². The maximum Gasteiger partial charge on any atom is 0.291 e. The predicted octanol–water partition coefficient (Wildman–Crippen LogP) is 3.35. The van der Waals surface area contributed by atoms with Crippen molar-refractivity contribution in [2.24, 2.45) is 0 Å². The summed E-state index contributed by atoms with van der Waals surface area (Å²) in [4.78, 5) is 36.6. The van der Waals surface area contributed by atoms with Crippen LogP contribution in [0.25, 0.3) is 11.3 Å². The van der Waals surface area contributed by atoms with Crippen molar-refractivity contribution in [2.75, 3.05) is 10.6 Å². The number of carbonyl (C=O) groups excluding carboxylic acids is 2. The number of halogens is 2. The van der Waals surface area contributed by atoms with Crippen molar-refractivity contribution >= 4 is 23.2 Å². The first-order valence-corrected chi connectivity index (χ1v) is 9.50. The Morgan fingerprint density at radius 3 is 2.32 bits per heavy atom. The maximum absolute atomic E-state index is 13.8. The van der Waals surface area contributed by atoms with Crippen molar-refractivity contribution in [1.82, 2.24) is 9.78 Å². The van der Waals surface area contributed by atoms with E-state index >= 15 is 0 Å². The van der Waals surface area contributed by atoms with E-state index in [-0.39, 0.29) is 11.4 Å². The van der Waals surface area contributed by atoms with Crippen LogP contribution in [0.2, 0.25) is 0 Å². The molecule has 0 atom stereocenters. The summed E-state index contributed by atoms with van der Waals surface area (Å²) in [6.45, 7) is 2.73. The highest BCUT2D eigenvalue weighted by molar-refractivity contribution is 5.91. The Morgan fingerprint density at radius 1 is 1.00 bits per heavy atom. The number of benzene rings is 2. The Hall–Kier alpha value is -3.88. The van der Waals surface area contributed by atoms with Gasteiger partial charge in [-0.25, -0.2) is 13.5 Å². The largest absolute Gasteiger partial charge is 0.322 e. The summed E-state index contributed by atoms with van der Waals surface area (Å²) in [5.41, 5.74) is 1.19. The van der Waals surface area contributed by atoms with E-state index in [1.807, 2.05) is 31.2 Å². The van der Waals surface area contributed by atoms with Crippen LogP contribution >= 0.6 is 0 Å². The molecule has 0 unspecified atom stereocenters. The van der Waals surface area contributed by atoms with Crippen LogP contribution in [0.3, 0.4) is 0 Å². The molecule has 0 aliphatic rings. The third kappa shape index (κ3) is 5.39. The molecule has 0 bridgehead atoms. The zero-order chi connectivity index (χ0) is 22.5. The molecule has 1 heterocycles. The monoisotopic (exact) mass is 426 g/mol. The quantitative estimate of drug-likeness (QED) is 0.632. The van der Waals surface area contributed by atoms with Gasteiger partial charge in [0.25, 0.3) is 5.56 Å². The Balaban J connectivity index is 1.94. The topological polar surface area (TPSA) is 93.1 Å². The SMILES string of the molecule is CCc1ccc(-c2cc(NC(C)=O)c(=O)n(CC(=O)Nc3ccc(F)cc3F)n2)cc1. The van der Waals surface area contributed by atoms with Gasteiger partial charge in [-0.15, -0.1) is 0 Å².